The highest BCUT2D eigenvalue weighted by molar-refractivity contribution is 5.53. The first-order valence-corrected chi connectivity index (χ1v) is 8.06. The normalized spacial score (nSPS) is 40.1. The summed E-state index contributed by atoms with van der Waals surface area (Å²) >= 11 is 0. The molecule has 0 spiro atoms. The minimum atomic E-state index is -2.87. The number of phenols is 1. The van der Waals surface area contributed by atoms with Gasteiger partial charge in [-0.15, -0.1) is 0 Å². The molecule has 0 aromatic heterocycles. The summed E-state index contributed by atoms with van der Waals surface area (Å²) in [4.78, 5) is 0. The highest BCUT2D eigenvalue weighted by Crippen LogP contribution is 2.53. The van der Waals surface area contributed by atoms with Gasteiger partial charge in [0.25, 0.3) is 0 Å². The summed E-state index contributed by atoms with van der Waals surface area (Å²) in [5.74, 6) is -5.04. The van der Waals surface area contributed by atoms with E-state index in [0.717, 1.165) is 0 Å². The zero-order chi connectivity index (χ0) is 25.5. The van der Waals surface area contributed by atoms with Gasteiger partial charge in [0.05, 0.1) is 4.11 Å². The van der Waals surface area contributed by atoms with Crippen LogP contribution >= 0.6 is 0 Å². The summed E-state index contributed by atoms with van der Waals surface area (Å²) in [5, 5.41) is 11.0. The molecule has 1 heterocycles. The number of hydrogen-bond donors (Lipinski definition) is 1. The summed E-state index contributed by atoms with van der Waals surface area (Å²) in [6.07, 6.45) is -6.48. The highest BCUT2D eigenvalue weighted by atomic mass is 16.5. The van der Waals surface area contributed by atoms with E-state index >= 15 is 0 Å². The van der Waals surface area contributed by atoms with Crippen LogP contribution in [0.5, 0.6) is 11.5 Å². The van der Waals surface area contributed by atoms with E-state index in [1.807, 2.05) is 6.92 Å². The molecule has 0 saturated carbocycles. The standard InChI is InChI=1S/C21H30O2/c1-5-6-7-8-15-12-18(22)20-16-11-14(2)9-10-17(16)21(3,4)23-19(20)13-15/h11-13,16-17,22H,5-10H2,1-4H3/t16-,17-/m1/s1/i8D2,9D2,10D2,11D,12D,13D,17D. The van der Waals surface area contributed by atoms with Crippen LogP contribution in [-0.4, -0.2) is 10.7 Å². The molecule has 0 fully saturated rings. The van der Waals surface area contributed by atoms with Crippen LogP contribution in [-0.2, 0) is 6.37 Å². The lowest BCUT2D eigenvalue weighted by atomic mass is 9.68. The number of allylic oxidation sites excluding steroid dienone is 2. The molecule has 1 aromatic carbocycles. The maximum Gasteiger partial charge on any atom is 0.127 e. The molecule has 0 amide bonds. The van der Waals surface area contributed by atoms with Crippen LogP contribution in [0.4, 0.5) is 0 Å². The molecule has 2 atom stereocenters. The average molecular weight is 325 g/mol. The Bertz CT molecular complexity index is 1030. The minimum Gasteiger partial charge on any atom is -0.507 e. The third-order valence-corrected chi connectivity index (χ3v) is 4.14. The van der Waals surface area contributed by atoms with Crippen LogP contribution in [0.25, 0.3) is 0 Å². The van der Waals surface area contributed by atoms with Gasteiger partial charge in [0.2, 0.25) is 0 Å². The van der Waals surface area contributed by atoms with Gasteiger partial charge in [0, 0.05) is 27.0 Å². The zero-order valence-electron chi connectivity index (χ0n) is 24.1. The second-order valence-corrected chi connectivity index (χ2v) is 6.48. The molecular weight excluding hydrogens is 284 g/mol. The number of benzene rings is 1. The van der Waals surface area contributed by atoms with Crippen molar-refractivity contribution in [1.82, 2.24) is 0 Å². The Morgan fingerprint density at radius 2 is 2.26 bits per heavy atom. The lowest BCUT2D eigenvalue weighted by Gasteiger charge is -2.46. The summed E-state index contributed by atoms with van der Waals surface area (Å²) in [6, 6.07) is -1.56. The van der Waals surface area contributed by atoms with Crippen molar-refractivity contribution in [2.45, 2.75) is 77.6 Å². The smallest absolute Gasteiger partial charge is 0.127 e. The Balaban J connectivity index is 2.45. The second kappa shape index (κ2) is 6.22. The largest absolute Gasteiger partial charge is 0.507 e. The van der Waals surface area contributed by atoms with E-state index in [0.29, 0.717) is 12.8 Å². The number of aromatic hydroxyl groups is 1. The molecule has 1 N–H and O–H groups in total. The van der Waals surface area contributed by atoms with Crippen molar-refractivity contribution in [3.63, 3.8) is 0 Å². The zero-order valence-corrected chi connectivity index (χ0v) is 14.1. The summed E-state index contributed by atoms with van der Waals surface area (Å²) in [5.41, 5.74) is -2.68. The fourth-order valence-electron chi connectivity index (χ4n) is 2.92. The molecule has 2 heteroatoms. The minimum absolute atomic E-state index is 0.0140. The van der Waals surface area contributed by atoms with E-state index in [2.05, 4.69) is 0 Å². The molecule has 2 nitrogen and oxygen atoms in total. The van der Waals surface area contributed by atoms with Gasteiger partial charge in [-0.3, -0.25) is 0 Å². The topological polar surface area (TPSA) is 29.5 Å². The SMILES string of the molecule is [2H]C1=C(C)C([2H])([2H])C([2H])([2H])[C@]2([2H])[C@@H]1c1c(O)c([2H])c(C([2H])([2H])CCCC)c([2H])c1OC2(C)C. The number of hydrogen-bond acceptors (Lipinski definition) is 2. The molecule has 0 saturated heterocycles. The number of fused-ring (bicyclic) bond motifs is 3. The maximum atomic E-state index is 11.0. The summed E-state index contributed by atoms with van der Waals surface area (Å²) in [7, 11) is 0. The Morgan fingerprint density at radius 3 is 3.00 bits per heavy atom. The van der Waals surface area contributed by atoms with Crippen molar-refractivity contribution in [1.29, 1.82) is 0 Å². The quantitative estimate of drug-likeness (QED) is 0.716. The molecule has 1 aromatic rings. The van der Waals surface area contributed by atoms with Gasteiger partial charge < -0.3 is 9.84 Å². The van der Waals surface area contributed by atoms with Crippen molar-refractivity contribution in [3.05, 3.63) is 34.8 Å². The molecule has 2 aliphatic rings. The molecule has 3 rings (SSSR count). The molecule has 0 bridgehead atoms. The molecule has 1 aliphatic heterocycles. The average Bonchev–Trinajstić information content (AvgIpc) is 2.69. The molecule has 0 radical (unpaired) electrons. The Morgan fingerprint density at radius 1 is 1.48 bits per heavy atom. The summed E-state index contributed by atoms with van der Waals surface area (Å²) in [6.45, 7) is 5.88. The Hall–Kier alpha value is -1.44. The van der Waals surface area contributed by atoms with Crippen LogP contribution in [0.2, 0.25) is 0 Å². The van der Waals surface area contributed by atoms with Crippen molar-refractivity contribution in [2.75, 3.05) is 0 Å². The van der Waals surface area contributed by atoms with Gasteiger partial charge in [-0.25, -0.2) is 0 Å². The van der Waals surface area contributed by atoms with Crippen LogP contribution < -0.4 is 4.74 Å². The van der Waals surface area contributed by atoms with Gasteiger partial charge in [-0.1, -0.05) is 31.4 Å². The van der Waals surface area contributed by atoms with Gasteiger partial charge in [0.1, 0.15) is 17.1 Å². The molecular formula is C21H30O2. The lowest BCUT2D eigenvalue weighted by Crippen LogP contribution is -2.45. The number of rotatable bonds is 4. The van der Waals surface area contributed by atoms with Gasteiger partial charge in [-0.05, 0) is 64.0 Å². The predicted molar refractivity (Wildman–Crippen MR) is 95.3 cm³/mol. The van der Waals surface area contributed by atoms with Crippen molar-refractivity contribution >= 4 is 0 Å². The molecule has 0 unspecified atom stereocenters. The Labute approximate surface area is 154 Å². The van der Waals surface area contributed by atoms with E-state index in [4.69, 9.17) is 17.1 Å². The fraction of sp³-hybridized carbons (Fsp3) is 0.619. The maximum absolute atomic E-state index is 11.0. The van der Waals surface area contributed by atoms with Crippen LogP contribution in [0.15, 0.2) is 23.7 Å². The predicted octanol–water partition coefficient (Wildman–Crippen LogP) is 5.74. The third-order valence-electron chi connectivity index (χ3n) is 4.14. The van der Waals surface area contributed by atoms with E-state index in [1.54, 1.807) is 0 Å². The first-order chi connectivity index (χ1) is 14.8. The van der Waals surface area contributed by atoms with E-state index in [-0.39, 0.29) is 28.9 Å². The van der Waals surface area contributed by atoms with Gasteiger partial charge >= 0.3 is 0 Å². The first-order valence-electron chi connectivity index (χ1n) is 13.1. The third kappa shape index (κ3) is 3.13. The summed E-state index contributed by atoms with van der Waals surface area (Å²) < 4.78 is 91.8. The van der Waals surface area contributed by atoms with E-state index < -0.39 is 60.4 Å². The van der Waals surface area contributed by atoms with Crippen molar-refractivity contribution in [3.8, 4) is 11.5 Å². The van der Waals surface area contributed by atoms with Crippen molar-refractivity contribution in [2.24, 2.45) is 5.89 Å². The van der Waals surface area contributed by atoms with Crippen LogP contribution in [0.3, 0.4) is 0 Å². The molecule has 1 aliphatic carbocycles. The molecule has 126 valence electrons. The second-order valence-electron chi connectivity index (χ2n) is 6.48. The van der Waals surface area contributed by atoms with Crippen LogP contribution in [0, 0.1) is 5.89 Å². The molecule has 23 heavy (non-hydrogen) atoms. The van der Waals surface area contributed by atoms with E-state index in [1.165, 1.54) is 20.8 Å². The number of ether oxygens (including phenoxy) is 1. The van der Waals surface area contributed by atoms with Gasteiger partial charge in [-0.2, -0.15) is 0 Å². The highest BCUT2D eigenvalue weighted by Gasteiger charge is 2.45. The van der Waals surface area contributed by atoms with Gasteiger partial charge in [0.15, 0.2) is 0 Å². The monoisotopic (exact) mass is 324 g/mol. The van der Waals surface area contributed by atoms with Crippen molar-refractivity contribution < 1.29 is 23.6 Å². The lowest BCUT2D eigenvalue weighted by molar-refractivity contribution is 0.0107. The van der Waals surface area contributed by atoms with Crippen LogP contribution in [0.1, 0.15) is 90.5 Å². The number of unbranched alkanes of at least 4 members (excludes halogenated alkanes) is 1. The number of phenolic OH excluding ortho intramolecular Hbond substituents is 1. The first kappa shape index (κ1) is 8.09. The fourth-order valence-corrected chi connectivity index (χ4v) is 2.92. The Kier molecular flexibility index (Phi) is 2.19. The van der Waals surface area contributed by atoms with E-state index in [9.17, 15) is 6.48 Å².